The van der Waals surface area contributed by atoms with Gasteiger partial charge in [0.05, 0.1) is 31.8 Å². The molecule has 1 aromatic carbocycles. The molecule has 2 aromatic rings. The minimum absolute atomic E-state index is 0.0746. The predicted molar refractivity (Wildman–Crippen MR) is 121 cm³/mol. The first kappa shape index (κ1) is 21.1. The Bertz CT molecular complexity index is 1010. The highest BCUT2D eigenvalue weighted by molar-refractivity contribution is 5.76. The smallest absolute Gasteiger partial charge is 0.127 e. The van der Waals surface area contributed by atoms with Crippen LogP contribution >= 0.6 is 0 Å². The number of ether oxygens (including phenoxy) is 1. The van der Waals surface area contributed by atoms with E-state index < -0.39 is 6.10 Å². The van der Waals surface area contributed by atoms with Crippen LogP contribution in [-0.4, -0.2) is 29.5 Å². The van der Waals surface area contributed by atoms with Gasteiger partial charge >= 0.3 is 0 Å². The second-order valence-electron chi connectivity index (χ2n) is 11.3. The summed E-state index contributed by atoms with van der Waals surface area (Å²) in [7, 11) is 1.72. The molecule has 5 rings (SSSR count). The van der Waals surface area contributed by atoms with Gasteiger partial charge in [-0.05, 0) is 84.1 Å². The van der Waals surface area contributed by atoms with Crippen LogP contribution in [0.25, 0.3) is 11.1 Å². The molecule has 4 heteroatoms. The SMILES string of the molecule is COc1cc2c(c(C)c1-c1ccoc1)CC1C3(C)CCC(O)C(C)(C)C3CC(O)C21C. The fourth-order valence-corrected chi connectivity index (χ4v) is 7.97. The Morgan fingerprint density at radius 3 is 2.48 bits per heavy atom. The summed E-state index contributed by atoms with van der Waals surface area (Å²) in [6.07, 6.45) is 6.27. The van der Waals surface area contributed by atoms with Crippen LogP contribution in [0, 0.1) is 29.6 Å². The van der Waals surface area contributed by atoms with Crippen LogP contribution in [0.3, 0.4) is 0 Å². The Balaban J connectivity index is 1.69. The molecule has 4 nitrogen and oxygen atoms in total. The zero-order chi connectivity index (χ0) is 22.3. The third-order valence-corrected chi connectivity index (χ3v) is 9.87. The molecule has 1 aromatic heterocycles. The summed E-state index contributed by atoms with van der Waals surface area (Å²) >= 11 is 0. The average Bonchev–Trinajstić information content (AvgIpc) is 3.35. The summed E-state index contributed by atoms with van der Waals surface area (Å²) in [6.45, 7) is 11.3. The number of aliphatic hydroxyl groups is 2. The Morgan fingerprint density at radius 1 is 1.10 bits per heavy atom. The van der Waals surface area contributed by atoms with Gasteiger partial charge in [0, 0.05) is 16.5 Å². The van der Waals surface area contributed by atoms with E-state index in [1.807, 2.05) is 6.07 Å². The van der Waals surface area contributed by atoms with Crippen LogP contribution in [0.4, 0.5) is 0 Å². The van der Waals surface area contributed by atoms with Crippen LogP contribution in [0.15, 0.2) is 29.1 Å². The first-order valence-electron chi connectivity index (χ1n) is 11.7. The lowest BCUT2D eigenvalue weighted by Gasteiger charge is -2.63. The maximum Gasteiger partial charge on any atom is 0.127 e. The number of hydrogen-bond donors (Lipinski definition) is 2. The van der Waals surface area contributed by atoms with Crippen molar-refractivity contribution in [1.82, 2.24) is 0 Å². The normalized spacial score (nSPS) is 38.3. The third-order valence-electron chi connectivity index (χ3n) is 9.87. The van der Waals surface area contributed by atoms with E-state index in [1.165, 1.54) is 16.7 Å². The lowest BCUT2D eigenvalue weighted by Crippen LogP contribution is -2.63. The number of furan rings is 1. The monoisotopic (exact) mass is 424 g/mol. The van der Waals surface area contributed by atoms with Crippen molar-refractivity contribution in [3.63, 3.8) is 0 Å². The molecule has 2 N–H and O–H groups in total. The first-order valence-corrected chi connectivity index (χ1v) is 11.7. The van der Waals surface area contributed by atoms with Gasteiger partial charge in [-0.3, -0.25) is 0 Å². The van der Waals surface area contributed by atoms with E-state index >= 15 is 0 Å². The van der Waals surface area contributed by atoms with Gasteiger partial charge in [0.15, 0.2) is 0 Å². The minimum Gasteiger partial charge on any atom is -0.496 e. The zero-order valence-corrected chi connectivity index (χ0v) is 19.7. The summed E-state index contributed by atoms with van der Waals surface area (Å²) < 4.78 is 11.2. The summed E-state index contributed by atoms with van der Waals surface area (Å²) in [6, 6.07) is 4.17. The number of benzene rings is 1. The molecule has 2 saturated carbocycles. The van der Waals surface area contributed by atoms with Crippen LogP contribution < -0.4 is 4.74 Å². The fourth-order valence-electron chi connectivity index (χ4n) is 7.97. The Labute approximate surface area is 185 Å². The van der Waals surface area contributed by atoms with Gasteiger partial charge in [-0.15, -0.1) is 0 Å². The molecule has 1 heterocycles. The maximum absolute atomic E-state index is 11.6. The maximum atomic E-state index is 11.6. The molecule has 0 amide bonds. The largest absolute Gasteiger partial charge is 0.496 e. The Kier molecular flexibility index (Phi) is 4.50. The Morgan fingerprint density at radius 2 is 1.84 bits per heavy atom. The molecule has 3 aliphatic carbocycles. The molecule has 0 bridgehead atoms. The van der Waals surface area contributed by atoms with Crippen LogP contribution in [0.5, 0.6) is 5.75 Å². The summed E-state index contributed by atoms with van der Waals surface area (Å²) in [5.74, 6) is 1.47. The van der Waals surface area contributed by atoms with E-state index in [0.717, 1.165) is 42.6 Å². The van der Waals surface area contributed by atoms with Crippen molar-refractivity contribution in [2.24, 2.45) is 22.7 Å². The first-order chi connectivity index (χ1) is 14.6. The van der Waals surface area contributed by atoms with Crippen molar-refractivity contribution >= 4 is 0 Å². The highest BCUT2D eigenvalue weighted by atomic mass is 16.5. The van der Waals surface area contributed by atoms with Crippen molar-refractivity contribution in [2.45, 2.75) is 77.9 Å². The molecule has 168 valence electrons. The molecular formula is C27H36O4. The summed E-state index contributed by atoms with van der Waals surface area (Å²) in [4.78, 5) is 0. The number of rotatable bonds is 2. The minimum atomic E-state index is -0.440. The van der Waals surface area contributed by atoms with Crippen LogP contribution in [0.1, 0.15) is 63.6 Å². The van der Waals surface area contributed by atoms with E-state index in [9.17, 15) is 10.2 Å². The quantitative estimate of drug-likeness (QED) is 0.690. The van der Waals surface area contributed by atoms with Crippen molar-refractivity contribution in [2.75, 3.05) is 7.11 Å². The molecule has 3 aliphatic rings. The van der Waals surface area contributed by atoms with E-state index in [2.05, 4.69) is 40.7 Å². The van der Waals surface area contributed by atoms with Gasteiger partial charge in [0.1, 0.15) is 5.75 Å². The molecule has 0 spiro atoms. The van der Waals surface area contributed by atoms with Crippen LogP contribution in [-0.2, 0) is 11.8 Å². The van der Waals surface area contributed by atoms with Gasteiger partial charge in [-0.25, -0.2) is 0 Å². The van der Waals surface area contributed by atoms with Crippen molar-refractivity contribution in [1.29, 1.82) is 0 Å². The van der Waals surface area contributed by atoms with Crippen molar-refractivity contribution in [3.05, 3.63) is 41.3 Å². The standard InChI is InChI=1S/C27H36O4/c1-15-17-11-21-26(4)9-7-22(28)25(2,3)20(26)13-23(29)27(21,5)18(17)12-19(30-6)24(15)16-8-10-31-14-16/h8,10,12,14,20-23,28-29H,7,9,11,13H2,1-6H3. The fraction of sp³-hybridized carbons (Fsp3) is 0.630. The summed E-state index contributed by atoms with van der Waals surface area (Å²) in [5.41, 5.74) is 5.52. The van der Waals surface area contributed by atoms with Crippen LogP contribution in [0.2, 0.25) is 0 Å². The van der Waals surface area contributed by atoms with E-state index in [-0.39, 0.29) is 22.3 Å². The molecular weight excluding hydrogens is 388 g/mol. The molecule has 31 heavy (non-hydrogen) atoms. The molecule has 0 saturated heterocycles. The predicted octanol–water partition coefficient (Wildman–Crippen LogP) is 5.26. The van der Waals surface area contributed by atoms with Gasteiger partial charge in [-0.1, -0.05) is 27.7 Å². The Hall–Kier alpha value is -1.78. The molecule has 0 aliphatic heterocycles. The third kappa shape index (κ3) is 2.55. The summed E-state index contributed by atoms with van der Waals surface area (Å²) in [5, 5.41) is 22.4. The van der Waals surface area contributed by atoms with Crippen molar-refractivity contribution in [3.8, 4) is 16.9 Å². The highest BCUT2D eigenvalue weighted by Gasteiger charge is 2.65. The highest BCUT2D eigenvalue weighted by Crippen LogP contribution is 2.68. The lowest BCUT2D eigenvalue weighted by atomic mass is 9.42. The van der Waals surface area contributed by atoms with E-state index in [1.54, 1.807) is 19.6 Å². The van der Waals surface area contributed by atoms with E-state index in [4.69, 9.17) is 9.15 Å². The molecule has 6 atom stereocenters. The second kappa shape index (κ2) is 6.62. The zero-order valence-electron chi connectivity index (χ0n) is 19.7. The molecule has 0 radical (unpaired) electrons. The molecule has 2 fully saturated rings. The van der Waals surface area contributed by atoms with Gasteiger partial charge in [0.25, 0.3) is 0 Å². The van der Waals surface area contributed by atoms with Gasteiger partial charge < -0.3 is 19.4 Å². The van der Waals surface area contributed by atoms with Gasteiger partial charge in [-0.2, -0.15) is 0 Å². The molecule has 6 unspecified atom stereocenters. The average molecular weight is 425 g/mol. The van der Waals surface area contributed by atoms with E-state index in [0.29, 0.717) is 11.8 Å². The number of fused-ring (bicyclic) bond motifs is 5. The number of hydrogen-bond acceptors (Lipinski definition) is 4. The topological polar surface area (TPSA) is 62.8 Å². The van der Waals surface area contributed by atoms with Gasteiger partial charge in [0.2, 0.25) is 0 Å². The number of aliphatic hydroxyl groups excluding tert-OH is 2. The number of methoxy groups -OCH3 is 1. The van der Waals surface area contributed by atoms with Crippen molar-refractivity contribution < 1.29 is 19.4 Å². The lowest BCUT2D eigenvalue weighted by molar-refractivity contribution is -0.181. The second-order valence-corrected chi connectivity index (χ2v) is 11.3.